The lowest BCUT2D eigenvalue weighted by Gasteiger charge is -2.33. The molecular formula is C23H24O2. The fourth-order valence-electron chi connectivity index (χ4n) is 3.81. The zero-order valence-corrected chi connectivity index (χ0v) is 15.3. The van der Waals surface area contributed by atoms with Gasteiger partial charge in [0.1, 0.15) is 17.1 Å². The van der Waals surface area contributed by atoms with Crippen molar-refractivity contribution in [2.24, 2.45) is 0 Å². The van der Waals surface area contributed by atoms with E-state index in [1.54, 1.807) is 7.11 Å². The van der Waals surface area contributed by atoms with Gasteiger partial charge in [0.15, 0.2) is 0 Å². The summed E-state index contributed by atoms with van der Waals surface area (Å²) >= 11 is 0. The minimum atomic E-state index is -0.317. The quantitative estimate of drug-likeness (QED) is 0.714. The second-order valence-electron chi connectivity index (χ2n) is 7.44. The van der Waals surface area contributed by atoms with Crippen LogP contribution < -0.4 is 9.47 Å². The molecule has 0 fully saturated rings. The van der Waals surface area contributed by atoms with Crippen molar-refractivity contribution in [3.63, 3.8) is 0 Å². The first-order valence-electron chi connectivity index (χ1n) is 8.87. The number of benzene rings is 2. The Balaban J connectivity index is 1.88. The van der Waals surface area contributed by atoms with Crippen molar-refractivity contribution in [1.29, 1.82) is 0 Å². The molecule has 0 unspecified atom stereocenters. The van der Waals surface area contributed by atoms with Gasteiger partial charge in [0.05, 0.1) is 7.11 Å². The van der Waals surface area contributed by atoms with E-state index in [1.165, 1.54) is 33.4 Å². The monoisotopic (exact) mass is 332 g/mol. The third-order valence-corrected chi connectivity index (χ3v) is 4.95. The molecule has 1 aliphatic heterocycles. The molecule has 0 saturated heterocycles. The predicted octanol–water partition coefficient (Wildman–Crippen LogP) is 5.59. The first-order valence-corrected chi connectivity index (χ1v) is 8.87. The maximum atomic E-state index is 6.20. The van der Waals surface area contributed by atoms with Crippen molar-refractivity contribution < 1.29 is 9.47 Å². The van der Waals surface area contributed by atoms with Crippen LogP contribution >= 0.6 is 0 Å². The number of rotatable bonds is 2. The average Bonchev–Trinajstić information content (AvgIpc) is 2.60. The number of aryl methyl sites for hydroxylation is 2. The van der Waals surface area contributed by atoms with Crippen molar-refractivity contribution in [1.82, 2.24) is 0 Å². The smallest absolute Gasteiger partial charge is 0.128 e. The summed E-state index contributed by atoms with van der Waals surface area (Å²) in [6, 6.07) is 12.9. The van der Waals surface area contributed by atoms with Crippen molar-refractivity contribution >= 4 is 11.1 Å². The normalized spacial score (nSPS) is 17.6. The molecule has 0 aromatic heterocycles. The number of allylic oxidation sites excluding steroid dienone is 3. The summed E-state index contributed by atoms with van der Waals surface area (Å²) in [6.45, 7) is 6.37. The molecule has 0 spiro atoms. The Morgan fingerprint density at radius 3 is 2.64 bits per heavy atom. The summed E-state index contributed by atoms with van der Waals surface area (Å²) in [5.74, 6) is 1.90. The molecule has 25 heavy (non-hydrogen) atoms. The van der Waals surface area contributed by atoms with Gasteiger partial charge < -0.3 is 9.47 Å². The van der Waals surface area contributed by atoms with E-state index in [4.69, 9.17) is 9.47 Å². The second kappa shape index (κ2) is 5.80. The van der Waals surface area contributed by atoms with Crippen molar-refractivity contribution in [3.05, 3.63) is 70.8 Å². The predicted molar refractivity (Wildman–Crippen MR) is 103 cm³/mol. The zero-order chi connectivity index (χ0) is 17.6. The van der Waals surface area contributed by atoms with Crippen LogP contribution in [0.4, 0.5) is 0 Å². The van der Waals surface area contributed by atoms with Crippen LogP contribution in [-0.4, -0.2) is 12.7 Å². The molecule has 0 atom stereocenters. The van der Waals surface area contributed by atoms with Gasteiger partial charge in [0.2, 0.25) is 0 Å². The van der Waals surface area contributed by atoms with E-state index in [0.29, 0.717) is 0 Å². The molecule has 1 aliphatic carbocycles. The highest BCUT2D eigenvalue weighted by atomic mass is 16.5. The zero-order valence-electron chi connectivity index (χ0n) is 15.3. The molecule has 128 valence electrons. The first-order chi connectivity index (χ1) is 12.0. The Bertz CT molecular complexity index is 900. The molecule has 0 N–H and O–H groups in total. The molecule has 0 saturated carbocycles. The molecule has 2 aromatic rings. The Morgan fingerprint density at radius 1 is 1.00 bits per heavy atom. The molecule has 4 rings (SSSR count). The van der Waals surface area contributed by atoms with Gasteiger partial charge in [-0.05, 0) is 86.2 Å². The van der Waals surface area contributed by atoms with Crippen LogP contribution in [0.15, 0.2) is 48.6 Å². The summed E-state index contributed by atoms with van der Waals surface area (Å²) in [4.78, 5) is 0. The van der Waals surface area contributed by atoms with Crippen molar-refractivity contribution in [2.45, 2.75) is 39.2 Å². The minimum Gasteiger partial charge on any atom is -0.497 e. The Hall–Kier alpha value is -2.48. The van der Waals surface area contributed by atoms with E-state index in [-0.39, 0.29) is 5.60 Å². The van der Waals surface area contributed by atoms with Crippen molar-refractivity contribution in [3.8, 4) is 11.5 Å². The van der Waals surface area contributed by atoms with Gasteiger partial charge in [0.25, 0.3) is 0 Å². The van der Waals surface area contributed by atoms with E-state index in [0.717, 1.165) is 24.3 Å². The highest BCUT2D eigenvalue weighted by Gasteiger charge is 2.29. The lowest BCUT2D eigenvalue weighted by molar-refractivity contribution is 0.158. The largest absolute Gasteiger partial charge is 0.497 e. The second-order valence-corrected chi connectivity index (χ2v) is 7.44. The first kappa shape index (κ1) is 16.0. The van der Waals surface area contributed by atoms with E-state index in [9.17, 15) is 0 Å². The van der Waals surface area contributed by atoms with Crippen LogP contribution in [0.5, 0.6) is 11.5 Å². The van der Waals surface area contributed by atoms with Gasteiger partial charge in [-0.15, -0.1) is 0 Å². The van der Waals surface area contributed by atoms with Crippen LogP contribution in [0, 0.1) is 6.92 Å². The third kappa shape index (κ3) is 2.86. The van der Waals surface area contributed by atoms with Crippen LogP contribution in [-0.2, 0) is 6.42 Å². The van der Waals surface area contributed by atoms with Crippen molar-refractivity contribution in [2.75, 3.05) is 7.11 Å². The molecular weight excluding hydrogens is 308 g/mol. The number of hydrogen-bond donors (Lipinski definition) is 0. The third-order valence-electron chi connectivity index (χ3n) is 4.95. The average molecular weight is 332 g/mol. The van der Waals surface area contributed by atoms with Gasteiger partial charge in [-0.2, -0.15) is 0 Å². The SMILES string of the molecule is COc1ccc2c(c1)CCC=C2C1=CC(C)(C)Oc2ccc(C)cc21. The maximum Gasteiger partial charge on any atom is 0.128 e. The van der Waals surface area contributed by atoms with Crippen LogP contribution in [0.25, 0.3) is 11.1 Å². The molecule has 2 aromatic carbocycles. The Kier molecular flexibility index (Phi) is 3.72. The van der Waals surface area contributed by atoms with Gasteiger partial charge in [-0.3, -0.25) is 0 Å². The molecule has 2 nitrogen and oxygen atoms in total. The standard InChI is InChI=1S/C23H24O2/c1-15-8-11-22-20(12-15)21(14-23(2,3)25-22)19-7-5-6-16-13-17(24-4)9-10-18(16)19/h7-14H,5-6H2,1-4H3. The van der Waals surface area contributed by atoms with E-state index in [1.807, 2.05) is 0 Å². The lowest BCUT2D eigenvalue weighted by atomic mass is 9.81. The maximum absolute atomic E-state index is 6.20. The van der Waals surface area contributed by atoms with Gasteiger partial charge in [-0.1, -0.05) is 23.8 Å². The van der Waals surface area contributed by atoms with E-state index >= 15 is 0 Å². The fraction of sp³-hybridized carbons (Fsp3) is 0.304. The Morgan fingerprint density at radius 2 is 1.84 bits per heavy atom. The lowest BCUT2D eigenvalue weighted by Crippen LogP contribution is -2.29. The summed E-state index contributed by atoms with van der Waals surface area (Å²) in [6.07, 6.45) is 6.74. The summed E-state index contributed by atoms with van der Waals surface area (Å²) < 4.78 is 11.6. The van der Waals surface area contributed by atoms with Gasteiger partial charge in [-0.25, -0.2) is 0 Å². The molecule has 0 amide bonds. The highest BCUT2D eigenvalue weighted by Crippen LogP contribution is 2.45. The molecule has 0 radical (unpaired) electrons. The number of hydrogen-bond acceptors (Lipinski definition) is 2. The minimum absolute atomic E-state index is 0.317. The molecule has 0 bridgehead atoms. The number of ether oxygens (including phenoxy) is 2. The summed E-state index contributed by atoms with van der Waals surface area (Å²) in [5, 5.41) is 0. The molecule has 1 heterocycles. The molecule has 2 aliphatic rings. The highest BCUT2D eigenvalue weighted by molar-refractivity contribution is 6.08. The van der Waals surface area contributed by atoms with E-state index < -0.39 is 0 Å². The van der Waals surface area contributed by atoms with Crippen LogP contribution in [0.3, 0.4) is 0 Å². The van der Waals surface area contributed by atoms with Crippen LogP contribution in [0.1, 0.15) is 42.5 Å². The van der Waals surface area contributed by atoms with Gasteiger partial charge in [0, 0.05) is 5.56 Å². The fourth-order valence-corrected chi connectivity index (χ4v) is 3.81. The topological polar surface area (TPSA) is 18.5 Å². The van der Waals surface area contributed by atoms with Gasteiger partial charge >= 0.3 is 0 Å². The van der Waals surface area contributed by atoms with E-state index in [2.05, 4.69) is 69.3 Å². The van der Waals surface area contributed by atoms with Crippen LogP contribution in [0.2, 0.25) is 0 Å². The summed E-state index contributed by atoms with van der Waals surface area (Å²) in [7, 11) is 1.73. The number of fused-ring (bicyclic) bond motifs is 2. The molecule has 2 heteroatoms. The summed E-state index contributed by atoms with van der Waals surface area (Å²) in [5.41, 5.74) is 7.38. The Labute approximate surface area is 149 Å². The number of methoxy groups -OCH3 is 1.